The van der Waals surface area contributed by atoms with Crippen LogP contribution in [0.15, 0.2) is 0 Å². The molecule has 1 atom stereocenters. The average Bonchev–Trinajstić information content (AvgIpc) is 2.74. The molecule has 0 N–H and O–H groups in total. The van der Waals surface area contributed by atoms with Crippen molar-refractivity contribution in [2.75, 3.05) is 25.2 Å². The molecule has 0 saturated carbocycles. The third-order valence-electron chi connectivity index (χ3n) is 2.99. The van der Waals surface area contributed by atoms with Crippen molar-refractivity contribution in [3.05, 3.63) is 10.6 Å². The largest absolute Gasteiger partial charge is 0.383 e. The molecule has 108 valence electrons. The second-order valence-electron chi connectivity index (χ2n) is 5.67. The van der Waals surface area contributed by atoms with Crippen molar-refractivity contribution >= 4 is 22.8 Å². The molecule has 1 aromatic rings. The van der Waals surface area contributed by atoms with Crippen LogP contribution in [0, 0.1) is 0 Å². The number of hydrogen-bond donors (Lipinski definition) is 0. The number of thiazole rings is 1. The number of carbonyl (C=O) groups is 1. The number of methoxy groups -OCH3 is 1. The highest BCUT2D eigenvalue weighted by molar-refractivity contribution is 7.17. The summed E-state index contributed by atoms with van der Waals surface area (Å²) in [6.45, 7) is 11.9. The third kappa shape index (κ3) is 3.76. The second kappa shape index (κ2) is 6.48. The molecule has 0 saturated heterocycles. The van der Waals surface area contributed by atoms with Crippen LogP contribution in [0.1, 0.15) is 50.0 Å². The molecule has 4 nitrogen and oxygen atoms in total. The second-order valence-corrected chi connectivity index (χ2v) is 6.68. The molecule has 1 rings (SSSR count). The van der Waals surface area contributed by atoms with Gasteiger partial charge in [0.2, 0.25) is 0 Å². The lowest BCUT2D eigenvalue weighted by atomic mass is 9.91. The molecule has 0 aromatic carbocycles. The van der Waals surface area contributed by atoms with Crippen molar-refractivity contribution < 1.29 is 9.53 Å². The van der Waals surface area contributed by atoms with Crippen LogP contribution in [-0.2, 0) is 10.2 Å². The van der Waals surface area contributed by atoms with Crippen LogP contribution in [0.25, 0.3) is 0 Å². The number of aromatic nitrogens is 1. The molecule has 5 heteroatoms. The zero-order valence-corrected chi connectivity index (χ0v) is 13.5. The van der Waals surface area contributed by atoms with E-state index in [4.69, 9.17) is 4.74 Å². The smallest absolute Gasteiger partial charge is 0.186 e. The van der Waals surface area contributed by atoms with Crippen LogP contribution in [-0.4, -0.2) is 37.6 Å². The van der Waals surface area contributed by atoms with Crippen LogP contribution < -0.4 is 4.90 Å². The van der Waals surface area contributed by atoms with Gasteiger partial charge in [-0.05, 0) is 13.8 Å². The summed E-state index contributed by atoms with van der Waals surface area (Å²) in [6, 6.07) is 0.244. The van der Waals surface area contributed by atoms with Gasteiger partial charge >= 0.3 is 0 Å². The maximum absolute atomic E-state index is 11.2. The Kier molecular flexibility index (Phi) is 5.50. The van der Waals surface area contributed by atoms with Gasteiger partial charge in [0.05, 0.1) is 23.2 Å². The van der Waals surface area contributed by atoms with Crippen molar-refractivity contribution in [1.82, 2.24) is 4.98 Å². The molecule has 0 radical (unpaired) electrons. The van der Waals surface area contributed by atoms with E-state index < -0.39 is 0 Å². The summed E-state index contributed by atoms with van der Waals surface area (Å²) in [5, 5.41) is 0.902. The SMILES string of the molecule is CCN(c1nc(C(C)(C)C)c(C=O)s1)C(C)COC. The first kappa shape index (κ1) is 16.1. The van der Waals surface area contributed by atoms with Gasteiger partial charge in [-0.25, -0.2) is 4.98 Å². The summed E-state index contributed by atoms with van der Waals surface area (Å²) in [7, 11) is 1.70. The summed E-state index contributed by atoms with van der Waals surface area (Å²) in [5.74, 6) is 0. The topological polar surface area (TPSA) is 42.4 Å². The first-order valence-corrected chi connectivity index (χ1v) is 7.38. The third-order valence-corrected chi connectivity index (χ3v) is 4.00. The minimum Gasteiger partial charge on any atom is -0.383 e. The van der Waals surface area contributed by atoms with Crippen molar-refractivity contribution in [3.8, 4) is 0 Å². The fourth-order valence-corrected chi connectivity index (χ4v) is 3.28. The average molecular weight is 284 g/mol. The molecule has 19 heavy (non-hydrogen) atoms. The van der Waals surface area contributed by atoms with Gasteiger partial charge in [0, 0.05) is 19.1 Å². The van der Waals surface area contributed by atoms with E-state index in [2.05, 4.69) is 44.5 Å². The Bertz CT molecular complexity index is 424. The van der Waals surface area contributed by atoms with Crippen molar-refractivity contribution in [2.45, 2.75) is 46.1 Å². The van der Waals surface area contributed by atoms with Crippen LogP contribution in [0.5, 0.6) is 0 Å². The van der Waals surface area contributed by atoms with E-state index in [-0.39, 0.29) is 11.5 Å². The highest BCUT2D eigenvalue weighted by Gasteiger charge is 2.26. The van der Waals surface area contributed by atoms with Gasteiger partial charge < -0.3 is 9.64 Å². The standard InChI is InChI=1S/C14H24N2O2S/c1-7-16(10(2)9-18-6)13-15-12(14(3,4)5)11(8-17)19-13/h8,10H,7,9H2,1-6H3. The van der Waals surface area contributed by atoms with E-state index in [0.29, 0.717) is 6.61 Å². The predicted molar refractivity (Wildman–Crippen MR) is 80.6 cm³/mol. The van der Waals surface area contributed by atoms with E-state index in [1.165, 1.54) is 11.3 Å². The zero-order valence-electron chi connectivity index (χ0n) is 12.7. The van der Waals surface area contributed by atoms with Gasteiger partial charge in [-0.3, -0.25) is 4.79 Å². The summed E-state index contributed by atoms with van der Waals surface area (Å²) in [6.07, 6.45) is 0.913. The fraction of sp³-hybridized carbons (Fsp3) is 0.714. The molecule has 0 aliphatic rings. The van der Waals surface area contributed by atoms with Gasteiger partial charge in [-0.15, -0.1) is 0 Å². The fourth-order valence-electron chi connectivity index (χ4n) is 2.03. The molecule has 0 amide bonds. The van der Waals surface area contributed by atoms with E-state index in [1.807, 2.05) is 0 Å². The summed E-state index contributed by atoms with van der Waals surface area (Å²) in [4.78, 5) is 18.8. The molecule has 0 fully saturated rings. The maximum atomic E-state index is 11.2. The summed E-state index contributed by atoms with van der Waals surface area (Å²) in [5.41, 5.74) is 0.764. The van der Waals surface area contributed by atoms with Crippen molar-refractivity contribution in [1.29, 1.82) is 0 Å². The zero-order chi connectivity index (χ0) is 14.6. The minimum atomic E-state index is -0.116. The quantitative estimate of drug-likeness (QED) is 0.753. The maximum Gasteiger partial charge on any atom is 0.186 e. The molecule has 1 aromatic heterocycles. The lowest BCUT2D eigenvalue weighted by Crippen LogP contribution is -2.36. The van der Waals surface area contributed by atoms with Gasteiger partial charge in [-0.1, -0.05) is 32.1 Å². The molecular weight excluding hydrogens is 260 g/mol. The molecule has 0 aliphatic carbocycles. The number of hydrogen-bond acceptors (Lipinski definition) is 5. The number of ether oxygens (including phenoxy) is 1. The number of anilines is 1. The Morgan fingerprint density at radius 1 is 1.47 bits per heavy atom. The highest BCUT2D eigenvalue weighted by Crippen LogP contribution is 2.33. The Morgan fingerprint density at radius 3 is 2.47 bits per heavy atom. The molecule has 1 heterocycles. The molecule has 0 aliphatic heterocycles. The van der Waals surface area contributed by atoms with Crippen molar-refractivity contribution in [2.24, 2.45) is 0 Å². The predicted octanol–water partition coefficient (Wildman–Crippen LogP) is 3.11. The number of carbonyl (C=O) groups excluding carboxylic acids is 1. The lowest BCUT2D eigenvalue weighted by molar-refractivity contribution is 0.112. The normalized spacial score (nSPS) is 13.4. The van der Waals surface area contributed by atoms with Crippen molar-refractivity contribution in [3.63, 3.8) is 0 Å². The molecule has 1 unspecified atom stereocenters. The number of nitrogens with zero attached hydrogens (tertiary/aromatic N) is 2. The Morgan fingerprint density at radius 2 is 2.11 bits per heavy atom. The van der Waals surface area contributed by atoms with E-state index in [9.17, 15) is 4.79 Å². The van der Waals surface area contributed by atoms with Gasteiger partial charge in [-0.2, -0.15) is 0 Å². The first-order valence-electron chi connectivity index (χ1n) is 6.57. The Labute approximate surface area is 119 Å². The Balaban J connectivity index is 3.13. The van der Waals surface area contributed by atoms with E-state index in [0.717, 1.165) is 28.5 Å². The number of aldehydes is 1. The first-order chi connectivity index (χ1) is 8.85. The number of rotatable bonds is 6. The van der Waals surface area contributed by atoms with Crippen LogP contribution in [0.4, 0.5) is 5.13 Å². The lowest BCUT2D eigenvalue weighted by Gasteiger charge is -2.27. The van der Waals surface area contributed by atoms with E-state index >= 15 is 0 Å². The highest BCUT2D eigenvalue weighted by atomic mass is 32.1. The molecule has 0 bridgehead atoms. The van der Waals surface area contributed by atoms with Crippen LogP contribution in [0.3, 0.4) is 0 Å². The van der Waals surface area contributed by atoms with Gasteiger partial charge in [0.25, 0.3) is 0 Å². The van der Waals surface area contributed by atoms with Crippen LogP contribution in [0.2, 0.25) is 0 Å². The number of likely N-dealkylation sites (N-methyl/N-ethyl adjacent to an activating group) is 1. The summed E-state index contributed by atoms with van der Waals surface area (Å²) < 4.78 is 5.20. The van der Waals surface area contributed by atoms with Gasteiger partial charge in [0.15, 0.2) is 11.4 Å². The summed E-state index contributed by atoms with van der Waals surface area (Å²) >= 11 is 1.46. The molecule has 0 spiro atoms. The monoisotopic (exact) mass is 284 g/mol. The Hall–Kier alpha value is -0.940. The molecular formula is C14H24N2O2S. The minimum absolute atomic E-state index is 0.116. The van der Waals surface area contributed by atoms with Crippen LogP contribution >= 0.6 is 11.3 Å². The van der Waals surface area contributed by atoms with E-state index in [1.54, 1.807) is 7.11 Å². The van der Waals surface area contributed by atoms with Gasteiger partial charge in [0.1, 0.15) is 0 Å².